The highest BCUT2D eigenvalue weighted by atomic mass is 16.5. The van der Waals surface area contributed by atoms with E-state index in [2.05, 4.69) is 15.5 Å². The lowest BCUT2D eigenvalue weighted by Crippen LogP contribution is -2.10. The highest BCUT2D eigenvalue weighted by Gasteiger charge is 2.12. The molecule has 0 N–H and O–H groups in total. The van der Waals surface area contributed by atoms with Gasteiger partial charge < -0.3 is 4.74 Å². The highest BCUT2D eigenvalue weighted by Crippen LogP contribution is 2.12. The number of methoxy groups -OCH3 is 1. The summed E-state index contributed by atoms with van der Waals surface area (Å²) in [6.07, 6.45) is 0.202. The first kappa shape index (κ1) is 12.2. The minimum Gasteiger partial charge on any atom is -0.497 e. The maximum Gasteiger partial charge on any atom is 0.170 e. The number of tetrazole rings is 1. The Kier molecular flexibility index (Phi) is 3.66. The van der Waals surface area contributed by atoms with Gasteiger partial charge in [0.05, 0.1) is 13.5 Å². The first-order valence-electron chi connectivity index (χ1n) is 5.67. The summed E-state index contributed by atoms with van der Waals surface area (Å²) in [4.78, 5) is 12.0. The fourth-order valence-corrected chi connectivity index (χ4v) is 1.62. The first-order chi connectivity index (χ1) is 8.74. The number of ether oxygens (including phenoxy) is 1. The molecule has 0 amide bonds. The number of hydrogen-bond donors (Lipinski definition) is 0. The quantitative estimate of drug-likeness (QED) is 0.739. The van der Waals surface area contributed by atoms with Crippen LogP contribution in [0.2, 0.25) is 0 Å². The Balaban J connectivity index is 2.11. The second kappa shape index (κ2) is 5.39. The predicted octanol–water partition coefficient (Wildman–Crippen LogP) is 1.13. The van der Waals surface area contributed by atoms with Crippen LogP contribution in [0.4, 0.5) is 0 Å². The zero-order valence-corrected chi connectivity index (χ0v) is 10.3. The van der Waals surface area contributed by atoms with Gasteiger partial charge in [-0.15, -0.1) is 5.10 Å². The maximum absolute atomic E-state index is 12.0. The number of ketones is 1. The molecule has 94 valence electrons. The predicted molar refractivity (Wildman–Crippen MR) is 64.5 cm³/mol. The zero-order valence-electron chi connectivity index (χ0n) is 10.3. The smallest absolute Gasteiger partial charge is 0.170 e. The Hall–Kier alpha value is -2.24. The van der Waals surface area contributed by atoms with Gasteiger partial charge in [0.1, 0.15) is 5.75 Å². The lowest BCUT2D eigenvalue weighted by molar-refractivity contribution is 0.0989. The number of nitrogens with zero attached hydrogens (tertiary/aromatic N) is 4. The molecule has 0 unspecified atom stereocenters. The minimum atomic E-state index is -0.0119. The van der Waals surface area contributed by atoms with Gasteiger partial charge in [-0.25, -0.2) is 4.68 Å². The van der Waals surface area contributed by atoms with Gasteiger partial charge in [0.2, 0.25) is 0 Å². The van der Waals surface area contributed by atoms with Crippen molar-refractivity contribution in [3.05, 3.63) is 35.7 Å². The molecule has 2 rings (SSSR count). The number of rotatable bonds is 5. The molecule has 0 saturated heterocycles. The normalized spacial score (nSPS) is 10.3. The van der Waals surface area contributed by atoms with Crippen LogP contribution < -0.4 is 4.74 Å². The van der Waals surface area contributed by atoms with E-state index in [0.717, 1.165) is 5.75 Å². The Morgan fingerprint density at radius 2 is 2.06 bits per heavy atom. The Morgan fingerprint density at radius 3 is 2.67 bits per heavy atom. The van der Waals surface area contributed by atoms with Gasteiger partial charge in [-0.2, -0.15) is 0 Å². The maximum atomic E-state index is 12.0. The van der Waals surface area contributed by atoms with E-state index in [1.54, 1.807) is 36.1 Å². The minimum absolute atomic E-state index is 0.0119. The SMILES string of the molecule is CCn1nnnc1CC(=O)c1ccc(OC)cc1. The van der Waals surface area contributed by atoms with Gasteiger partial charge >= 0.3 is 0 Å². The molecule has 18 heavy (non-hydrogen) atoms. The van der Waals surface area contributed by atoms with Crippen molar-refractivity contribution in [2.45, 2.75) is 19.9 Å². The molecule has 6 nitrogen and oxygen atoms in total. The van der Waals surface area contributed by atoms with E-state index in [9.17, 15) is 4.79 Å². The number of aryl methyl sites for hydroxylation is 1. The van der Waals surface area contributed by atoms with Crippen LogP contribution in [-0.2, 0) is 13.0 Å². The first-order valence-corrected chi connectivity index (χ1v) is 5.67. The lowest BCUT2D eigenvalue weighted by atomic mass is 10.1. The monoisotopic (exact) mass is 246 g/mol. The molecular weight excluding hydrogens is 232 g/mol. The van der Waals surface area contributed by atoms with E-state index >= 15 is 0 Å². The third-order valence-corrected chi connectivity index (χ3v) is 2.64. The topological polar surface area (TPSA) is 69.9 Å². The molecule has 0 aliphatic heterocycles. The summed E-state index contributed by atoms with van der Waals surface area (Å²) < 4.78 is 6.66. The molecule has 1 aromatic carbocycles. The van der Waals surface area contributed by atoms with Crippen LogP contribution in [0.25, 0.3) is 0 Å². The van der Waals surface area contributed by atoms with Gasteiger partial charge in [0, 0.05) is 12.1 Å². The van der Waals surface area contributed by atoms with E-state index in [0.29, 0.717) is 17.9 Å². The molecule has 2 aromatic rings. The van der Waals surface area contributed by atoms with Crippen molar-refractivity contribution in [2.75, 3.05) is 7.11 Å². The van der Waals surface area contributed by atoms with Crippen molar-refractivity contribution >= 4 is 5.78 Å². The van der Waals surface area contributed by atoms with Crippen LogP contribution in [0.15, 0.2) is 24.3 Å². The van der Waals surface area contributed by atoms with Crippen LogP contribution in [0.3, 0.4) is 0 Å². The Bertz CT molecular complexity index is 533. The molecule has 0 atom stereocenters. The molecule has 0 radical (unpaired) electrons. The largest absolute Gasteiger partial charge is 0.497 e. The number of Topliss-reactive ketones (excluding diaryl/α,β-unsaturated/α-hetero) is 1. The fraction of sp³-hybridized carbons (Fsp3) is 0.333. The van der Waals surface area contributed by atoms with Crippen molar-refractivity contribution in [2.24, 2.45) is 0 Å². The van der Waals surface area contributed by atoms with Crippen LogP contribution in [0, 0.1) is 0 Å². The number of benzene rings is 1. The van der Waals surface area contributed by atoms with Crippen molar-refractivity contribution in [3.8, 4) is 5.75 Å². The van der Waals surface area contributed by atoms with E-state index in [1.165, 1.54) is 0 Å². The summed E-state index contributed by atoms with van der Waals surface area (Å²) in [7, 11) is 1.59. The van der Waals surface area contributed by atoms with Gasteiger partial charge in [-0.1, -0.05) is 0 Å². The van der Waals surface area contributed by atoms with Gasteiger partial charge in [0.25, 0.3) is 0 Å². The summed E-state index contributed by atoms with van der Waals surface area (Å²) in [6.45, 7) is 2.58. The number of hydrogen-bond acceptors (Lipinski definition) is 5. The summed E-state index contributed by atoms with van der Waals surface area (Å²) in [6, 6.07) is 6.99. The van der Waals surface area contributed by atoms with Gasteiger partial charge in [-0.05, 0) is 41.6 Å². The number of carbonyl (C=O) groups excluding carboxylic acids is 1. The van der Waals surface area contributed by atoms with Crippen LogP contribution >= 0.6 is 0 Å². The van der Waals surface area contributed by atoms with E-state index in [1.807, 2.05) is 6.92 Å². The van der Waals surface area contributed by atoms with Crippen LogP contribution in [0.5, 0.6) is 5.75 Å². The molecule has 0 fully saturated rings. The average molecular weight is 246 g/mol. The van der Waals surface area contributed by atoms with Crippen molar-refractivity contribution in [3.63, 3.8) is 0 Å². The van der Waals surface area contributed by atoms with Gasteiger partial charge in [-0.3, -0.25) is 4.79 Å². The second-order valence-corrected chi connectivity index (χ2v) is 3.74. The molecule has 1 aromatic heterocycles. The highest BCUT2D eigenvalue weighted by molar-refractivity contribution is 5.97. The standard InChI is InChI=1S/C12H14N4O2/c1-3-16-12(13-14-15-16)8-11(17)9-4-6-10(18-2)7-5-9/h4-7H,3,8H2,1-2H3. The average Bonchev–Trinajstić information content (AvgIpc) is 2.86. The summed E-state index contributed by atoms with van der Waals surface area (Å²) >= 11 is 0. The van der Waals surface area contributed by atoms with Crippen molar-refractivity contribution in [1.29, 1.82) is 0 Å². The summed E-state index contributed by atoms with van der Waals surface area (Å²) in [5, 5.41) is 11.2. The zero-order chi connectivity index (χ0) is 13.0. The second-order valence-electron chi connectivity index (χ2n) is 3.74. The van der Waals surface area contributed by atoms with Crippen molar-refractivity contribution in [1.82, 2.24) is 20.2 Å². The third-order valence-electron chi connectivity index (χ3n) is 2.64. The molecule has 1 heterocycles. The number of aromatic nitrogens is 4. The number of carbonyl (C=O) groups is 1. The summed E-state index contributed by atoms with van der Waals surface area (Å²) in [5.74, 6) is 1.30. The molecule has 0 spiro atoms. The Morgan fingerprint density at radius 1 is 1.33 bits per heavy atom. The molecule has 0 saturated carbocycles. The lowest BCUT2D eigenvalue weighted by Gasteiger charge is -2.03. The molecule has 6 heteroatoms. The third kappa shape index (κ3) is 2.53. The molecular formula is C12H14N4O2. The van der Waals surface area contributed by atoms with E-state index in [4.69, 9.17) is 4.74 Å². The molecule has 0 bridgehead atoms. The molecule has 0 aliphatic carbocycles. The van der Waals surface area contributed by atoms with Crippen LogP contribution in [0.1, 0.15) is 23.1 Å². The fourth-order valence-electron chi connectivity index (χ4n) is 1.62. The summed E-state index contributed by atoms with van der Waals surface area (Å²) in [5.41, 5.74) is 0.626. The van der Waals surface area contributed by atoms with Crippen LogP contribution in [-0.4, -0.2) is 33.1 Å². The van der Waals surface area contributed by atoms with E-state index < -0.39 is 0 Å². The van der Waals surface area contributed by atoms with Gasteiger partial charge in [0.15, 0.2) is 11.6 Å². The van der Waals surface area contributed by atoms with E-state index in [-0.39, 0.29) is 12.2 Å². The Labute approximate surface area is 105 Å². The molecule has 0 aliphatic rings. The van der Waals surface area contributed by atoms with Crippen molar-refractivity contribution < 1.29 is 9.53 Å².